The molecule has 0 radical (unpaired) electrons. The minimum atomic E-state index is -0.493. The molecule has 8 heteroatoms. The Morgan fingerprint density at radius 2 is 1.90 bits per heavy atom. The highest BCUT2D eigenvalue weighted by molar-refractivity contribution is 5.76. The summed E-state index contributed by atoms with van der Waals surface area (Å²) in [6.07, 6.45) is 1.70. The Morgan fingerprint density at radius 1 is 1.29 bits per heavy atom. The fourth-order valence-corrected chi connectivity index (χ4v) is 2.36. The van der Waals surface area contributed by atoms with Crippen LogP contribution >= 0.6 is 0 Å². The van der Waals surface area contributed by atoms with E-state index in [2.05, 4.69) is 15.0 Å². The molecular formula is C13H22N6O2. The lowest BCUT2D eigenvalue weighted by Gasteiger charge is -2.26. The number of nitrogens with two attached hydrogens (primary N) is 2. The molecule has 1 saturated heterocycles. The fourth-order valence-electron chi connectivity index (χ4n) is 2.36. The molecule has 0 aromatic carbocycles. The molecule has 0 unspecified atom stereocenters. The Labute approximate surface area is 123 Å². The molecule has 116 valence electrons. The molecule has 1 aromatic rings. The van der Waals surface area contributed by atoms with Gasteiger partial charge in [0.1, 0.15) is 17.5 Å². The number of hydrogen-bond donors (Lipinski definition) is 2. The molecule has 21 heavy (non-hydrogen) atoms. The molecule has 1 aromatic heterocycles. The topological polar surface area (TPSA) is 120 Å². The molecule has 0 amide bonds. The van der Waals surface area contributed by atoms with Crippen LogP contribution in [0.25, 0.3) is 0 Å². The lowest BCUT2D eigenvalue weighted by Crippen LogP contribution is -2.40. The smallest absolute Gasteiger partial charge is 0.323 e. The van der Waals surface area contributed by atoms with E-state index in [1.54, 1.807) is 0 Å². The number of anilines is 2. The van der Waals surface area contributed by atoms with Gasteiger partial charge in [-0.15, -0.1) is 0 Å². The molecule has 8 nitrogen and oxygen atoms in total. The zero-order chi connectivity index (χ0) is 15.6. The van der Waals surface area contributed by atoms with Crippen molar-refractivity contribution in [2.45, 2.75) is 51.8 Å². The van der Waals surface area contributed by atoms with E-state index in [0.717, 1.165) is 19.4 Å². The van der Waals surface area contributed by atoms with Gasteiger partial charge in [-0.05, 0) is 40.2 Å². The summed E-state index contributed by atoms with van der Waals surface area (Å²) in [5.74, 6) is 0.432. The summed E-state index contributed by atoms with van der Waals surface area (Å²) < 4.78 is 5.45. The van der Waals surface area contributed by atoms with Crippen molar-refractivity contribution in [3.8, 4) is 0 Å². The number of nitrogens with zero attached hydrogens (tertiary/aromatic N) is 4. The lowest BCUT2D eigenvalue weighted by molar-refractivity contribution is -0.160. The molecule has 1 atom stereocenters. The summed E-state index contributed by atoms with van der Waals surface area (Å²) in [7, 11) is 0. The first-order valence-corrected chi connectivity index (χ1v) is 6.97. The summed E-state index contributed by atoms with van der Waals surface area (Å²) in [5, 5.41) is 0. The minimum Gasteiger partial charge on any atom is -0.459 e. The van der Waals surface area contributed by atoms with Crippen LogP contribution in [-0.4, -0.2) is 44.0 Å². The Bertz CT molecular complexity index is 508. The van der Waals surface area contributed by atoms with Crippen LogP contribution in [0.2, 0.25) is 0 Å². The number of carbonyl (C=O) groups excluding carboxylic acids is 1. The van der Waals surface area contributed by atoms with Gasteiger partial charge in [0.2, 0.25) is 11.9 Å². The molecule has 1 aliphatic heterocycles. The van der Waals surface area contributed by atoms with E-state index in [0.29, 0.717) is 12.4 Å². The first kappa shape index (κ1) is 15.4. The van der Waals surface area contributed by atoms with Gasteiger partial charge >= 0.3 is 5.97 Å². The van der Waals surface area contributed by atoms with Crippen LogP contribution in [0, 0.1) is 0 Å². The van der Waals surface area contributed by atoms with Gasteiger partial charge in [0.15, 0.2) is 0 Å². The number of esters is 1. The van der Waals surface area contributed by atoms with Crippen molar-refractivity contribution < 1.29 is 9.53 Å². The molecule has 1 aliphatic rings. The number of rotatable bonds is 3. The molecule has 2 heterocycles. The van der Waals surface area contributed by atoms with Crippen LogP contribution in [0.5, 0.6) is 0 Å². The second kappa shape index (κ2) is 5.80. The number of aromatic nitrogens is 3. The van der Waals surface area contributed by atoms with Gasteiger partial charge in [-0.3, -0.25) is 9.69 Å². The number of carbonyl (C=O) groups is 1. The highest BCUT2D eigenvalue weighted by Crippen LogP contribution is 2.22. The van der Waals surface area contributed by atoms with Crippen LogP contribution in [0.3, 0.4) is 0 Å². The summed E-state index contributed by atoms with van der Waals surface area (Å²) >= 11 is 0. The van der Waals surface area contributed by atoms with Crippen LogP contribution in [-0.2, 0) is 16.1 Å². The summed E-state index contributed by atoms with van der Waals surface area (Å²) in [4.78, 5) is 26.0. The third-order valence-corrected chi connectivity index (χ3v) is 3.10. The van der Waals surface area contributed by atoms with Crippen molar-refractivity contribution >= 4 is 17.9 Å². The standard InChI is InChI=1S/C13H22N6O2/c1-13(2,3)21-10(20)8-5-4-6-19(8)7-9-16-11(14)18-12(15)17-9/h8H,4-7H2,1-3H3,(H4,14,15,16,17,18)/t8-/m0/s1. The molecule has 0 spiro atoms. The van der Waals surface area contributed by atoms with Crippen molar-refractivity contribution in [1.82, 2.24) is 19.9 Å². The van der Waals surface area contributed by atoms with Gasteiger partial charge in [0.25, 0.3) is 0 Å². The predicted molar refractivity (Wildman–Crippen MR) is 77.9 cm³/mol. The predicted octanol–water partition coefficient (Wildman–Crippen LogP) is 0.342. The van der Waals surface area contributed by atoms with Crippen LogP contribution in [0.1, 0.15) is 39.4 Å². The van der Waals surface area contributed by atoms with Crippen molar-refractivity contribution in [3.63, 3.8) is 0 Å². The largest absolute Gasteiger partial charge is 0.459 e. The second-order valence-corrected chi connectivity index (χ2v) is 6.13. The molecular weight excluding hydrogens is 272 g/mol. The Hall–Kier alpha value is -1.96. The summed E-state index contributed by atoms with van der Waals surface area (Å²) in [6, 6.07) is -0.275. The average molecular weight is 294 g/mol. The molecule has 1 fully saturated rings. The average Bonchev–Trinajstić information content (AvgIpc) is 2.73. The lowest BCUT2D eigenvalue weighted by atomic mass is 10.1. The van der Waals surface area contributed by atoms with E-state index >= 15 is 0 Å². The van der Waals surface area contributed by atoms with Gasteiger partial charge < -0.3 is 16.2 Å². The first-order valence-electron chi connectivity index (χ1n) is 6.97. The highest BCUT2D eigenvalue weighted by atomic mass is 16.6. The number of likely N-dealkylation sites (tertiary alicyclic amines) is 1. The molecule has 0 aliphatic carbocycles. The van der Waals surface area contributed by atoms with Crippen molar-refractivity contribution in [2.24, 2.45) is 0 Å². The molecule has 4 N–H and O–H groups in total. The van der Waals surface area contributed by atoms with E-state index in [4.69, 9.17) is 16.2 Å². The van der Waals surface area contributed by atoms with Crippen LogP contribution in [0.15, 0.2) is 0 Å². The van der Waals surface area contributed by atoms with Crippen molar-refractivity contribution in [2.75, 3.05) is 18.0 Å². The van der Waals surface area contributed by atoms with Gasteiger partial charge in [-0.25, -0.2) is 0 Å². The monoisotopic (exact) mass is 294 g/mol. The van der Waals surface area contributed by atoms with E-state index in [-0.39, 0.29) is 23.9 Å². The second-order valence-electron chi connectivity index (χ2n) is 6.13. The number of hydrogen-bond acceptors (Lipinski definition) is 8. The molecule has 0 bridgehead atoms. The van der Waals surface area contributed by atoms with E-state index in [1.807, 2.05) is 25.7 Å². The van der Waals surface area contributed by atoms with Gasteiger partial charge in [0, 0.05) is 0 Å². The minimum absolute atomic E-state index is 0.0884. The van der Waals surface area contributed by atoms with Gasteiger partial charge in [-0.2, -0.15) is 15.0 Å². The van der Waals surface area contributed by atoms with Crippen LogP contribution in [0.4, 0.5) is 11.9 Å². The summed E-state index contributed by atoms with van der Waals surface area (Å²) in [6.45, 7) is 6.77. The van der Waals surface area contributed by atoms with Crippen LogP contribution < -0.4 is 11.5 Å². The Kier molecular flexibility index (Phi) is 4.26. The van der Waals surface area contributed by atoms with E-state index < -0.39 is 5.60 Å². The zero-order valence-corrected chi connectivity index (χ0v) is 12.7. The Morgan fingerprint density at radius 3 is 2.48 bits per heavy atom. The Balaban J connectivity index is 2.06. The maximum Gasteiger partial charge on any atom is 0.323 e. The third-order valence-electron chi connectivity index (χ3n) is 3.10. The normalized spacial score (nSPS) is 19.7. The summed E-state index contributed by atoms with van der Waals surface area (Å²) in [5.41, 5.74) is 10.6. The first-order chi connectivity index (χ1) is 9.74. The van der Waals surface area contributed by atoms with E-state index in [9.17, 15) is 4.79 Å². The van der Waals surface area contributed by atoms with Gasteiger partial charge in [0.05, 0.1) is 6.54 Å². The fraction of sp³-hybridized carbons (Fsp3) is 0.692. The third kappa shape index (κ3) is 4.25. The maximum absolute atomic E-state index is 12.2. The molecule has 2 rings (SSSR count). The maximum atomic E-state index is 12.2. The quantitative estimate of drug-likeness (QED) is 0.766. The SMILES string of the molecule is CC(C)(C)OC(=O)[C@@H]1CCCN1Cc1nc(N)nc(N)n1. The number of ether oxygens (including phenoxy) is 1. The van der Waals surface area contributed by atoms with E-state index in [1.165, 1.54) is 0 Å². The molecule has 0 saturated carbocycles. The highest BCUT2D eigenvalue weighted by Gasteiger charge is 2.34. The van der Waals surface area contributed by atoms with Crippen molar-refractivity contribution in [1.29, 1.82) is 0 Å². The van der Waals surface area contributed by atoms with Gasteiger partial charge in [-0.1, -0.05) is 0 Å². The zero-order valence-electron chi connectivity index (χ0n) is 12.7. The number of nitrogen functional groups attached to an aromatic ring is 2. The van der Waals surface area contributed by atoms with Crippen molar-refractivity contribution in [3.05, 3.63) is 5.82 Å².